The summed E-state index contributed by atoms with van der Waals surface area (Å²) in [4.78, 5) is 33.4. The third-order valence-electron chi connectivity index (χ3n) is 19.1. The normalized spacial score (nSPS) is 28.9. The summed E-state index contributed by atoms with van der Waals surface area (Å²) in [7, 11) is 1.54. The largest absolute Gasteiger partial charge is 0.504 e. The molecule has 3 aliphatic carbocycles. The molecule has 1 spiro atoms. The highest BCUT2D eigenvalue weighted by Gasteiger charge is 2.50. The van der Waals surface area contributed by atoms with Crippen LogP contribution >= 0.6 is 0 Å². The molecule has 0 amide bonds. The van der Waals surface area contributed by atoms with Gasteiger partial charge in [-0.3, -0.25) is 9.59 Å². The first-order valence-corrected chi connectivity index (χ1v) is 30.6. The van der Waals surface area contributed by atoms with Crippen molar-refractivity contribution in [1.82, 2.24) is 15.6 Å². The molecule has 4 aromatic carbocycles. The summed E-state index contributed by atoms with van der Waals surface area (Å²) < 4.78 is 5.60. The predicted octanol–water partition coefficient (Wildman–Crippen LogP) is 13.1. The van der Waals surface area contributed by atoms with E-state index in [1.165, 1.54) is 37.5 Å². The number of aryl methyl sites for hydroxylation is 1. The molecule has 80 heavy (non-hydrogen) atoms. The molecule has 10 heteroatoms. The highest BCUT2D eigenvalue weighted by atomic mass is 16.5. The zero-order chi connectivity index (χ0) is 55.8. The Balaban J connectivity index is 1.10. The molecule has 10 nitrogen and oxygen atoms in total. The van der Waals surface area contributed by atoms with Crippen LogP contribution in [0.3, 0.4) is 0 Å². The number of methoxy groups -OCH3 is 1. The van der Waals surface area contributed by atoms with Crippen LogP contribution in [0, 0.1) is 47.3 Å². The number of fused-ring (bicyclic) bond motifs is 10. The van der Waals surface area contributed by atoms with Crippen molar-refractivity contribution in [3.8, 4) is 23.3 Å². The van der Waals surface area contributed by atoms with Gasteiger partial charge in [0.05, 0.1) is 31.7 Å². The second-order valence-electron chi connectivity index (χ2n) is 24.8. The summed E-state index contributed by atoms with van der Waals surface area (Å²) >= 11 is 0. The molecule has 0 unspecified atom stereocenters. The zero-order valence-electron chi connectivity index (χ0n) is 48.0. The van der Waals surface area contributed by atoms with Crippen LogP contribution in [0.1, 0.15) is 169 Å². The predicted molar refractivity (Wildman–Crippen MR) is 322 cm³/mol. The Hall–Kier alpha value is -6.12. The highest BCUT2D eigenvalue weighted by molar-refractivity contribution is 6.00. The second kappa shape index (κ2) is 26.2. The number of ketones is 2. The van der Waals surface area contributed by atoms with Crippen molar-refractivity contribution in [3.05, 3.63) is 148 Å². The van der Waals surface area contributed by atoms with Crippen molar-refractivity contribution in [2.75, 3.05) is 32.1 Å². The first-order chi connectivity index (χ1) is 38.9. The van der Waals surface area contributed by atoms with Crippen molar-refractivity contribution in [1.29, 1.82) is 0 Å². The molecule has 424 valence electrons. The molecule has 2 saturated carbocycles. The van der Waals surface area contributed by atoms with Gasteiger partial charge in [0.2, 0.25) is 0 Å². The number of phenols is 1. The zero-order valence-corrected chi connectivity index (χ0v) is 48.0. The van der Waals surface area contributed by atoms with Crippen LogP contribution < -0.4 is 20.7 Å². The lowest BCUT2D eigenvalue weighted by Gasteiger charge is -2.48. The Morgan fingerprint density at radius 3 is 2.51 bits per heavy atom. The number of unbranched alkanes of at least 4 members (excludes halogenated alkanes) is 2. The van der Waals surface area contributed by atoms with Gasteiger partial charge in [0, 0.05) is 60.9 Å². The van der Waals surface area contributed by atoms with E-state index in [1.807, 2.05) is 24.3 Å². The fraction of sp³-hybridized carbons (Fsp3) is 0.514. The second-order valence-corrected chi connectivity index (χ2v) is 24.8. The third-order valence-corrected chi connectivity index (χ3v) is 19.1. The number of β-amino-alcohol motifs (C(OH)–C–C–N with tert-alkyl or cyclic N) is 1. The molecule has 7 N–H and O–H groups in total. The number of H-pyrrole nitrogens is 1. The van der Waals surface area contributed by atoms with Crippen LogP contribution in [0.2, 0.25) is 0 Å². The van der Waals surface area contributed by atoms with E-state index in [-0.39, 0.29) is 59.7 Å². The quantitative estimate of drug-likeness (QED) is 0.0457. The number of nitrogens with one attached hydrogen (secondary N) is 4. The Bertz CT molecular complexity index is 3080. The number of aliphatic hydroxyl groups is 2. The van der Waals surface area contributed by atoms with Gasteiger partial charge in [0.1, 0.15) is 17.4 Å². The molecule has 5 aliphatic rings. The minimum atomic E-state index is -0.676. The monoisotopic (exact) mass is 1080 g/mol. The summed E-state index contributed by atoms with van der Waals surface area (Å²) in [6.07, 6.45) is 19.7. The van der Waals surface area contributed by atoms with E-state index in [1.54, 1.807) is 6.07 Å². The molecule has 11 atom stereocenters. The number of aliphatic hydroxyl groups excluding tert-OH is 2. The first-order valence-electron chi connectivity index (χ1n) is 30.6. The Labute approximate surface area is 476 Å². The molecule has 3 heterocycles. The van der Waals surface area contributed by atoms with Gasteiger partial charge in [0.15, 0.2) is 11.5 Å². The molecule has 0 saturated heterocycles. The van der Waals surface area contributed by atoms with Crippen LogP contribution in [0.5, 0.6) is 11.5 Å². The maximum absolute atomic E-state index is 15.3. The fourth-order valence-electron chi connectivity index (χ4n) is 14.9. The fourth-order valence-corrected chi connectivity index (χ4v) is 14.9. The molecular weight excluding hydrogens is 993 g/mol. The van der Waals surface area contributed by atoms with Crippen LogP contribution in [0.15, 0.2) is 115 Å². The minimum Gasteiger partial charge on any atom is -0.504 e. The van der Waals surface area contributed by atoms with Gasteiger partial charge in [-0.2, -0.15) is 0 Å². The van der Waals surface area contributed by atoms with Crippen LogP contribution in [-0.2, 0) is 27.8 Å². The van der Waals surface area contributed by atoms with Crippen LogP contribution in [0.25, 0.3) is 10.8 Å². The van der Waals surface area contributed by atoms with Gasteiger partial charge in [-0.15, -0.1) is 0 Å². The number of allylic oxidation sites excluding steroid dienone is 2. The number of anilines is 1. The smallest absolute Gasteiger partial charge is 0.160 e. The van der Waals surface area contributed by atoms with Gasteiger partial charge in [0.25, 0.3) is 0 Å². The number of dihydropyridines is 1. The van der Waals surface area contributed by atoms with E-state index in [0.717, 1.165) is 108 Å². The number of hydrogen-bond donors (Lipinski definition) is 7. The van der Waals surface area contributed by atoms with Gasteiger partial charge in [-0.25, -0.2) is 0 Å². The summed E-state index contributed by atoms with van der Waals surface area (Å²) in [5.74, 6) is 8.12. The van der Waals surface area contributed by atoms with Gasteiger partial charge < -0.3 is 41.0 Å². The molecule has 10 rings (SSSR count). The van der Waals surface area contributed by atoms with E-state index < -0.39 is 29.5 Å². The Morgan fingerprint density at radius 2 is 1.69 bits per heavy atom. The molecule has 2 aliphatic heterocycles. The summed E-state index contributed by atoms with van der Waals surface area (Å²) in [6, 6.07) is 29.0. The van der Waals surface area contributed by atoms with Crippen LogP contribution in [0.4, 0.5) is 5.69 Å². The lowest BCUT2D eigenvalue weighted by Crippen LogP contribution is -2.50. The van der Waals surface area contributed by atoms with E-state index >= 15 is 4.79 Å². The number of rotatable bonds is 8. The molecular formula is C70H88N4O6. The van der Waals surface area contributed by atoms with E-state index in [0.29, 0.717) is 57.0 Å². The molecule has 1 aromatic heterocycles. The van der Waals surface area contributed by atoms with Gasteiger partial charge in [-0.05, 0) is 168 Å². The number of ether oxygens (including phenoxy) is 1. The standard InChI is InChI=1S/C70H88N4O6/c1-5-7-9-14-46-15-12-27-70(41-46)67-38-56(43-73-67)45(3)42-71-44-59(76)33-47-18-19-50-20-23-57(35-54(50)30-47)74-68-34-48(26-28-72-68)29-49-31-52-22-25-60(51-16-10-8-11-17-51)62-40-65(78)66(80-4)37-53(62)21-24-58(75)39-64(77)63(52)36-55(32-49)61(13-6-2)69(70)79/h8,10-11,16-20,23,26,30,34-35,37-38,40,43,45-46,49,52,55,59-61,63,69,71-74,76,78-79H,5-7,9,12-15,21,24,27-29,31-33,36,39,41-42,44H2,1-4H3/t45-,46+,49+,52-,55+,59-,60-,61-,63-,69-,70+/m1/s1. The highest BCUT2D eigenvalue weighted by Crippen LogP contribution is 2.52. The van der Waals surface area contributed by atoms with Gasteiger partial charge in [-0.1, -0.05) is 138 Å². The lowest BCUT2D eigenvalue weighted by molar-refractivity contribution is -0.130. The maximum Gasteiger partial charge on any atom is 0.160 e. The minimum absolute atomic E-state index is 0.0176. The average Bonchev–Trinajstić information content (AvgIpc) is 4.02. The molecule has 2 fully saturated rings. The van der Waals surface area contributed by atoms with Crippen molar-refractivity contribution in [2.45, 2.75) is 166 Å². The number of hydrogen-bond acceptors (Lipinski definition) is 9. The topological polar surface area (TPSA) is 156 Å². The van der Waals surface area contributed by atoms with Crippen LogP contribution in [-0.4, -0.2) is 70.8 Å². The van der Waals surface area contributed by atoms with Crippen molar-refractivity contribution in [3.63, 3.8) is 0 Å². The number of benzene rings is 4. The number of carbonyl (C=O) groups is 2. The average molecular weight is 1080 g/mol. The van der Waals surface area contributed by atoms with Crippen molar-refractivity contribution < 1.29 is 29.6 Å². The maximum atomic E-state index is 15.3. The lowest BCUT2D eigenvalue weighted by atomic mass is 9.58. The molecule has 5 aromatic rings. The first kappa shape index (κ1) is 57.1. The van der Waals surface area contributed by atoms with Crippen molar-refractivity contribution >= 4 is 28.0 Å². The number of aromatic hydroxyl groups is 1. The molecule has 0 radical (unpaired) electrons. The summed E-state index contributed by atoms with van der Waals surface area (Å²) in [6.45, 7) is 8.60. The number of phenolic OH excluding ortho intramolecular Hbond substituents is 1. The SMILES string of the molecule is CCCCC[C@H]1CCC[C@]2(C1)c1cc(c[nH]1)[C@H](C)CNC[C@H](O)Cc1ccc3ccc(cc3c1)NC1=CC(=CCN1)C[C@@H]1C[C@@H](C[C@H]3C(=O)CC(=O)CCc4cc(OC)c(O)cc4[C@@H](c4ccccc4)C#C[C@@H]3C1)[C@@H](CCC)[C@H]2O. The molecule has 9 bridgehead atoms. The Kier molecular flexibility index (Phi) is 18.7. The van der Waals surface area contributed by atoms with Gasteiger partial charge >= 0.3 is 0 Å². The number of Topliss-reactive ketones (excluding diaryl/α,β-unsaturated/α-hetero) is 2. The summed E-state index contributed by atoms with van der Waals surface area (Å²) in [5, 5.41) is 49.7. The number of carbonyl (C=O) groups excluding carboxylic acids is 2. The van der Waals surface area contributed by atoms with Crippen molar-refractivity contribution in [2.24, 2.45) is 35.5 Å². The van der Waals surface area contributed by atoms with E-state index in [2.05, 4.69) is 126 Å². The third kappa shape index (κ3) is 13.3. The number of aromatic amines is 1. The summed E-state index contributed by atoms with van der Waals surface area (Å²) in [5.41, 5.74) is 7.78. The van der Waals surface area contributed by atoms with E-state index in [4.69, 9.17) is 4.74 Å². The number of aromatic nitrogens is 1. The Morgan fingerprint density at radius 1 is 0.838 bits per heavy atom. The van der Waals surface area contributed by atoms with E-state index in [9.17, 15) is 20.1 Å².